The summed E-state index contributed by atoms with van der Waals surface area (Å²) in [5.41, 5.74) is 7.29. The van der Waals surface area contributed by atoms with E-state index < -0.39 is 0 Å². The number of unbranched alkanes of at least 4 members (excludes halogenated alkanes) is 1. The summed E-state index contributed by atoms with van der Waals surface area (Å²) in [5.74, 6) is 0. The van der Waals surface area contributed by atoms with Crippen LogP contribution in [0.3, 0.4) is 0 Å². The lowest BCUT2D eigenvalue weighted by Gasteiger charge is -2.33. The molecule has 3 aromatic rings. The first-order valence-corrected chi connectivity index (χ1v) is 10.8. The molecular formula is C23H26N2S2. The summed E-state index contributed by atoms with van der Waals surface area (Å²) < 4.78 is 3.13. The van der Waals surface area contributed by atoms with Crippen LogP contribution in [-0.2, 0) is 12.0 Å². The van der Waals surface area contributed by atoms with Crippen molar-refractivity contribution in [3.8, 4) is 16.8 Å². The molecule has 0 saturated carbocycles. The Balaban J connectivity index is 1.84. The zero-order valence-electron chi connectivity index (χ0n) is 16.4. The van der Waals surface area contributed by atoms with E-state index in [9.17, 15) is 0 Å². The highest BCUT2D eigenvalue weighted by atomic mass is 32.1. The molecule has 0 saturated heterocycles. The van der Waals surface area contributed by atoms with E-state index in [1.54, 1.807) is 11.5 Å². The van der Waals surface area contributed by atoms with Gasteiger partial charge in [-0.3, -0.25) is 3.96 Å². The molecule has 0 spiro atoms. The van der Waals surface area contributed by atoms with Crippen LogP contribution in [-0.4, -0.2) is 3.96 Å². The number of rotatable bonds is 4. The third-order valence-electron chi connectivity index (χ3n) is 5.26. The van der Waals surface area contributed by atoms with Crippen LogP contribution in [0.25, 0.3) is 16.8 Å². The lowest BCUT2D eigenvalue weighted by atomic mass is 9.89. The second-order valence-corrected chi connectivity index (χ2v) is 9.31. The Morgan fingerprint density at radius 2 is 1.85 bits per heavy atom. The van der Waals surface area contributed by atoms with Gasteiger partial charge in [-0.05, 0) is 63.4 Å². The summed E-state index contributed by atoms with van der Waals surface area (Å²) in [6.07, 6.45) is 3.61. The van der Waals surface area contributed by atoms with Gasteiger partial charge < -0.3 is 5.32 Å². The molecule has 0 bridgehead atoms. The fourth-order valence-electron chi connectivity index (χ4n) is 3.76. The van der Waals surface area contributed by atoms with Crippen LogP contribution in [0.4, 0.5) is 5.69 Å². The molecule has 0 aliphatic carbocycles. The van der Waals surface area contributed by atoms with Crippen LogP contribution in [0.1, 0.15) is 49.6 Å². The van der Waals surface area contributed by atoms with Crippen molar-refractivity contribution < 1.29 is 0 Å². The highest BCUT2D eigenvalue weighted by molar-refractivity contribution is 7.71. The van der Waals surface area contributed by atoms with Gasteiger partial charge in [-0.25, -0.2) is 0 Å². The number of fused-ring (bicyclic) bond motifs is 3. The molecular weight excluding hydrogens is 368 g/mol. The van der Waals surface area contributed by atoms with Crippen molar-refractivity contribution in [3.63, 3.8) is 0 Å². The fourth-order valence-corrected chi connectivity index (χ4v) is 5.41. The molecule has 1 N–H and O–H groups in total. The van der Waals surface area contributed by atoms with Gasteiger partial charge in [-0.15, -0.1) is 0 Å². The predicted molar refractivity (Wildman–Crippen MR) is 120 cm³/mol. The van der Waals surface area contributed by atoms with E-state index in [2.05, 4.69) is 79.4 Å². The Kier molecular flexibility index (Phi) is 4.73. The molecule has 0 fully saturated rings. The molecule has 1 aromatic heterocycles. The summed E-state index contributed by atoms with van der Waals surface area (Å²) in [5, 5.41) is 3.69. The van der Waals surface area contributed by atoms with Gasteiger partial charge in [0.25, 0.3) is 0 Å². The molecule has 27 heavy (non-hydrogen) atoms. The molecule has 2 heterocycles. The maximum atomic E-state index is 5.96. The van der Waals surface area contributed by atoms with E-state index in [-0.39, 0.29) is 5.54 Å². The summed E-state index contributed by atoms with van der Waals surface area (Å²) in [6.45, 7) is 8.84. The monoisotopic (exact) mass is 394 g/mol. The normalized spacial score (nSPS) is 14.4. The summed E-state index contributed by atoms with van der Waals surface area (Å²) >= 11 is 7.73. The van der Waals surface area contributed by atoms with Crippen LogP contribution >= 0.6 is 23.8 Å². The summed E-state index contributed by atoms with van der Waals surface area (Å²) in [6, 6.07) is 15.5. The molecule has 0 amide bonds. The van der Waals surface area contributed by atoms with Gasteiger partial charge in [0, 0.05) is 16.8 Å². The average Bonchev–Trinajstić information content (AvgIpc) is 3.00. The van der Waals surface area contributed by atoms with Crippen molar-refractivity contribution in [2.45, 2.75) is 52.5 Å². The number of nitrogens with zero attached hydrogens (tertiary/aromatic N) is 1. The van der Waals surface area contributed by atoms with E-state index in [1.165, 1.54) is 45.7 Å². The highest BCUT2D eigenvalue weighted by Crippen LogP contribution is 2.47. The summed E-state index contributed by atoms with van der Waals surface area (Å²) in [4.78, 5) is 1.31. The lowest BCUT2D eigenvalue weighted by molar-refractivity contribution is 0.620. The van der Waals surface area contributed by atoms with E-state index in [0.29, 0.717) is 0 Å². The number of aromatic nitrogens is 1. The second-order valence-electron chi connectivity index (χ2n) is 7.96. The molecule has 1 aliphatic heterocycles. The molecule has 1 aliphatic rings. The zero-order valence-corrected chi connectivity index (χ0v) is 18.1. The molecule has 4 heteroatoms. The van der Waals surface area contributed by atoms with Crippen LogP contribution in [0.2, 0.25) is 0 Å². The Morgan fingerprint density at radius 1 is 1.11 bits per heavy atom. The number of benzene rings is 2. The molecule has 2 aromatic carbocycles. The van der Waals surface area contributed by atoms with Gasteiger partial charge in [-0.1, -0.05) is 60.9 Å². The molecule has 2 nitrogen and oxygen atoms in total. The first-order valence-electron chi connectivity index (χ1n) is 9.66. The number of aryl methyl sites for hydroxylation is 2. The van der Waals surface area contributed by atoms with Crippen LogP contribution in [0.5, 0.6) is 0 Å². The van der Waals surface area contributed by atoms with Gasteiger partial charge in [-0.2, -0.15) is 0 Å². The predicted octanol–water partition coefficient (Wildman–Crippen LogP) is 7.25. The third-order valence-corrected chi connectivity index (χ3v) is 7.23. The maximum absolute atomic E-state index is 5.96. The standard InChI is InChI=1S/C23H26N2S2/c1-5-6-7-16-9-11-17(12-10-16)25-22(26)20-18-14-15(2)8-13-19(18)24-23(3,4)21(20)27-25/h8-14,24H,5-7H2,1-4H3. The number of hydrogen-bond donors (Lipinski definition) is 1. The number of hydrogen-bond acceptors (Lipinski definition) is 3. The van der Waals surface area contributed by atoms with Crippen molar-refractivity contribution in [3.05, 3.63) is 63.1 Å². The van der Waals surface area contributed by atoms with Crippen molar-refractivity contribution in [1.82, 2.24) is 3.96 Å². The molecule has 140 valence electrons. The zero-order chi connectivity index (χ0) is 19.2. The van der Waals surface area contributed by atoms with E-state index in [4.69, 9.17) is 12.2 Å². The first kappa shape index (κ1) is 18.5. The second kappa shape index (κ2) is 6.92. The maximum Gasteiger partial charge on any atom is 0.129 e. The Bertz CT molecular complexity index is 1040. The minimum absolute atomic E-state index is 0.137. The van der Waals surface area contributed by atoms with Gasteiger partial charge in [0.05, 0.1) is 16.1 Å². The SMILES string of the molecule is CCCCc1ccc(-n2sc3c(c2=S)-c2cc(C)ccc2NC3(C)C)cc1. The van der Waals surface area contributed by atoms with Crippen LogP contribution in [0.15, 0.2) is 42.5 Å². The van der Waals surface area contributed by atoms with E-state index >= 15 is 0 Å². The molecule has 0 unspecified atom stereocenters. The molecule has 0 radical (unpaired) electrons. The first-order chi connectivity index (χ1) is 12.9. The van der Waals surface area contributed by atoms with Gasteiger partial charge >= 0.3 is 0 Å². The largest absolute Gasteiger partial charge is 0.375 e. The quantitative estimate of drug-likeness (QED) is 0.469. The van der Waals surface area contributed by atoms with E-state index in [1.807, 2.05) is 0 Å². The number of anilines is 1. The van der Waals surface area contributed by atoms with Crippen molar-refractivity contribution in [2.24, 2.45) is 0 Å². The fraction of sp³-hybridized carbons (Fsp3) is 0.348. The Morgan fingerprint density at radius 3 is 2.56 bits per heavy atom. The molecule has 0 atom stereocenters. The van der Waals surface area contributed by atoms with Crippen molar-refractivity contribution >= 4 is 29.4 Å². The smallest absolute Gasteiger partial charge is 0.129 e. The van der Waals surface area contributed by atoms with Gasteiger partial charge in [0.1, 0.15) is 4.64 Å². The lowest BCUT2D eigenvalue weighted by Crippen LogP contribution is -2.30. The minimum Gasteiger partial charge on any atom is -0.375 e. The molecule has 4 rings (SSSR count). The van der Waals surface area contributed by atoms with Gasteiger partial charge in [0.15, 0.2) is 0 Å². The minimum atomic E-state index is -0.137. The summed E-state index contributed by atoms with van der Waals surface area (Å²) in [7, 11) is 0. The van der Waals surface area contributed by atoms with Crippen LogP contribution < -0.4 is 5.32 Å². The third kappa shape index (κ3) is 3.26. The highest BCUT2D eigenvalue weighted by Gasteiger charge is 2.34. The van der Waals surface area contributed by atoms with E-state index in [0.717, 1.165) is 16.7 Å². The average molecular weight is 395 g/mol. The van der Waals surface area contributed by atoms with Crippen LogP contribution in [0, 0.1) is 11.6 Å². The van der Waals surface area contributed by atoms with Crippen molar-refractivity contribution in [1.29, 1.82) is 0 Å². The van der Waals surface area contributed by atoms with Crippen molar-refractivity contribution in [2.75, 3.05) is 5.32 Å². The topological polar surface area (TPSA) is 17.0 Å². The number of nitrogens with one attached hydrogen (secondary N) is 1. The Labute approximate surface area is 171 Å². The Hall–Kier alpha value is -1.91. The van der Waals surface area contributed by atoms with Gasteiger partial charge in [0.2, 0.25) is 0 Å².